The molecule has 0 aliphatic heterocycles. The Morgan fingerprint density at radius 2 is 1.75 bits per heavy atom. The molecule has 0 saturated carbocycles. The third-order valence-corrected chi connectivity index (χ3v) is 2.11. The second kappa shape index (κ2) is 7.92. The molecule has 0 aromatic rings. The van der Waals surface area contributed by atoms with Gasteiger partial charge >= 0.3 is 12.0 Å². The summed E-state index contributed by atoms with van der Waals surface area (Å²) in [6.07, 6.45) is 0.774. The lowest BCUT2D eigenvalue weighted by Gasteiger charge is -2.28. The number of carboxylic acid groups (broad SMARTS) is 1. The quantitative estimate of drug-likeness (QED) is 0.658. The van der Waals surface area contributed by atoms with Gasteiger partial charge in [-0.25, -0.2) is 4.79 Å². The molecule has 0 bridgehead atoms. The number of amides is 2. The number of aliphatic hydroxyl groups is 1. The summed E-state index contributed by atoms with van der Waals surface area (Å²) in [4.78, 5) is 25.1. The topological polar surface area (TPSA) is 81.1 Å². The summed E-state index contributed by atoms with van der Waals surface area (Å²) < 4.78 is 0. The molecule has 0 atom stereocenters. The number of hydrogen-bond donors (Lipinski definition) is 2. The predicted molar refractivity (Wildman–Crippen MR) is 59.2 cm³/mol. The molecule has 0 radical (unpaired) electrons. The molecule has 16 heavy (non-hydrogen) atoms. The van der Waals surface area contributed by atoms with Crippen molar-refractivity contribution in [3.8, 4) is 0 Å². The van der Waals surface area contributed by atoms with Crippen LogP contribution in [0.3, 0.4) is 0 Å². The van der Waals surface area contributed by atoms with Crippen LogP contribution >= 0.6 is 0 Å². The molecule has 6 heteroatoms. The zero-order valence-electron chi connectivity index (χ0n) is 9.85. The monoisotopic (exact) mass is 232 g/mol. The van der Waals surface area contributed by atoms with E-state index >= 15 is 0 Å². The van der Waals surface area contributed by atoms with Gasteiger partial charge in [0.1, 0.15) is 6.54 Å². The highest BCUT2D eigenvalue weighted by atomic mass is 16.4. The van der Waals surface area contributed by atoms with Gasteiger partial charge in [-0.1, -0.05) is 6.92 Å². The van der Waals surface area contributed by atoms with Crippen molar-refractivity contribution in [1.29, 1.82) is 0 Å². The largest absolute Gasteiger partial charge is 0.480 e. The Balaban J connectivity index is 4.47. The SMILES string of the molecule is CCCN(CCO)C(=O)N(CC)CC(=O)O. The van der Waals surface area contributed by atoms with E-state index in [9.17, 15) is 9.59 Å². The Hall–Kier alpha value is -1.30. The molecule has 0 aliphatic rings. The number of carbonyl (C=O) groups is 2. The average molecular weight is 232 g/mol. The first-order valence-corrected chi connectivity index (χ1v) is 5.43. The molecule has 0 fully saturated rings. The number of rotatable bonds is 7. The molecule has 94 valence electrons. The van der Waals surface area contributed by atoms with E-state index in [1.54, 1.807) is 6.92 Å². The van der Waals surface area contributed by atoms with Gasteiger partial charge < -0.3 is 20.0 Å². The maximum atomic E-state index is 11.9. The fourth-order valence-corrected chi connectivity index (χ4v) is 1.37. The Labute approximate surface area is 95.5 Å². The zero-order chi connectivity index (χ0) is 12.6. The third kappa shape index (κ3) is 4.97. The number of carbonyl (C=O) groups excluding carboxylic acids is 1. The van der Waals surface area contributed by atoms with Gasteiger partial charge in [-0.3, -0.25) is 4.79 Å². The van der Waals surface area contributed by atoms with Crippen molar-refractivity contribution in [3.05, 3.63) is 0 Å². The highest BCUT2D eigenvalue weighted by molar-refractivity contribution is 5.80. The van der Waals surface area contributed by atoms with Crippen LogP contribution in [0.1, 0.15) is 20.3 Å². The molecular formula is C10H20N2O4. The van der Waals surface area contributed by atoms with E-state index in [-0.39, 0.29) is 25.7 Å². The van der Waals surface area contributed by atoms with Crippen LogP contribution < -0.4 is 0 Å². The van der Waals surface area contributed by atoms with Crippen LogP contribution in [0, 0.1) is 0 Å². The number of aliphatic hydroxyl groups excluding tert-OH is 1. The summed E-state index contributed by atoms with van der Waals surface area (Å²) in [5.74, 6) is -1.03. The lowest BCUT2D eigenvalue weighted by Crippen LogP contribution is -2.46. The second-order valence-electron chi connectivity index (χ2n) is 3.40. The molecule has 0 unspecified atom stereocenters. The van der Waals surface area contributed by atoms with Crippen LogP contribution in [0.5, 0.6) is 0 Å². The van der Waals surface area contributed by atoms with Crippen LogP contribution in [-0.2, 0) is 4.79 Å². The summed E-state index contributed by atoms with van der Waals surface area (Å²) in [5, 5.41) is 17.5. The number of nitrogens with zero attached hydrogens (tertiary/aromatic N) is 2. The highest BCUT2D eigenvalue weighted by Gasteiger charge is 2.20. The first-order chi connectivity index (χ1) is 7.56. The molecule has 0 heterocycles. The Morgan fingerprint density at radius 3 is 2.12 bits per heavy atom. The molecule has 0 spiro atoms. The van der Waals surface area contributed by atoms with E-state index < -0.39 is 5.97 Å². The minimum absolute atomic E-state index is 0.115. The van der Waals surface area contributed by atoms with Crippen LogP contribution in [0.15, 0.2) is 0 Å². The molecule has 0 saturated heterocycles. The van der Waals surface area contributed by atoms with Crippen LogP contribution in [0.4, 0.5) is 4.79 Å². The Bertz CT molecular complexity index is 227. The number of aliphatic carboxylic acids is 1. The van der Waals surface area contributed by atoms with Crippen molar-refractivity contribution in [2.24, 2.45) is 0 Å². The third-order valence-electron chi connectivity index (χ3n) is 2.11. The van der Waals surface area contributed by atoms with Crippen molar-refractivity contribution in [2.75, 3.05) is 32.8 Å². The predicted octanol–water partition coefficient (Wildman–Crippen LogP) is 0.217. The van der Waals surface area contributed by atoms with Crippen LogP contribution in [0.2, 0.25) is 0 Å². The maximum absolute atomic E-state index is 11.9. The first-order valence-electron chi connectivity index (χ1n) is 5.43. The van der Waals surface area contributed by atoms with E-state index in [1.165, 1.54) is 9.80 Å². The summed E-state index contributed by atoms with van der Waals surface area (Å²) in [6.45, 7) is 4.33. The summed E-state index contributed by atoms with van der Waals surface area (Å²) in [6, 6.07) is -0.333. The van der Waals surface area contributed by atoms with Crippen molar-refractivity contribution in [3.63, 3.8) is 0 Å². The van der Waals surface area contributed by atoms with Crippen LogP contribution in [0.25, 0.3) is 0 Å². The van der Waals surface area contributed by atoms with E-state index in [4.69, 9.17) is 10.2 Å². The molecular weight excluding hydrogens is 212 g/mol. The lowest BCUT2D eigenvalue weighted by atomic mass is 10.4. The average Bonchev–Trinajstić information content (AvgIpc) is 2.24. The highest BCUT2D eigenvalue weighted by Crippen LogP contribution is 2.00. The second-order valence-corrected chi connectivity index (χ2v) is 3.40. The summed E-state index contributed by atoms with van der Waals surface area (Å²) in [5.41, 5.74) is 0. The first kappa shape index (κ1) is 14.7. The van der Waals surface area contributed by atoms with E-state index in [1.807, 2.05) is 6.92 Å². The number of carboxylic acids is 1. The number of likely N-dealkylation sites (N-methyl/N-ethyl adjacent to an activating group) is 1. The number of urea groups is 1. The minimum Gasteiger partial charge on any atom is -0.480 e. The fraction of sp³-hybridized carbons (Fsp3) is 0.800. The summed E-state index contributed by atoms with van der Waals surface area (Å²) in [7, 11) is 0. The number of hydrogen-bond acceptors (Lipinski definition) is 3. The molecule has 0 aliphatic carbocycles. The maximum Gasteiger partial charge on any atom is 0.323 e. The van der Waals surface area contributed by atoms with Crippen molar-refractivity contribution in [1.82, 2.24) is 9.80 Å². The van der Waals surface area contributed by atoms with Crippen LogP contribution in [-0.4, -0.2) is 64.8 Å². The lowest BCUT2D eigenvalue weighted by molar-refractivity contribution is -0.137. The zero-order valence-corrected chi connectivity index (χ0v) is 9.85. The van der Waals surface area contributed by atoms with Gasteiger partial charge in [-0.05, 0) is 13.3 Å². The molecule has 2 amide bonds. The van der Waals surface area contributed by atoms with Gasteiger partial charge in [0.2, 0.25) is 0 Å². The minimum atomic E-state index is -1.03. The van der Waals surface area contributed by atoms with Crippen molar-refractivity contribution in [2.45, 2.75) is 20.3 Å². The molecule has 0 aromatic heterocycles. The van der Waals surface area contributed by atoms with Crippen molar-refractivity contribution >= 4 is 12.0 Å². The van der Waals surface area contributed by atoms with E-state index in [0.29, 0.717) is 13.1 Å². The molecule has 6 nitrogen and oxygen atoms in total. The van der Waals surface area contributed by atoms with Gasteiger partial charge in [0.05, 0.1) is 6.61 Å². The molecule has 0 rings (SSSR count). The van der Waals surface area contributed by atoms with Gasteiger partial charge in [-0.2, -0.15) is 0 Å². The Morgan fingerprint density at radius 1 is 1.12 bits per heavy atom. The van der Waals surface area contributed by atoms with Gasteiger partial charge in [0.15, 0.2) is 0 Å². The van der Waals surface area contributed by atoms with Gasteiger partial charge in [-0.15, -0.1) is 0 Å². The van der Waals surface area contributed by atoms with E-state index in [2.05, 4.69) is 0 Å². The fourth-order valence-electron chi connectivity index (χ4n) is 1.37. The van der Waals surface area contributed by atoms with Crippen molar-refractivity contribution < 1.29 is 19.8 Å². The molecule has 2 N–H and O–H groups in total. The molecule has 0 aromatic carbocycles. The summed E-state index contributed by atoms with van der Waals surface area (Å²) >= 11 is 0. The van der Waals surface area contributed by atoms with Gasteiger partial charge in [0.25, 0.3) is 0 Å². The Kier molecular flexibility index (Phi) is 7.28. The standard InChI is InChI=1S/C10H20N2O4/c1-3-5-12(6-7-13)10(16)11(4-2)8-9(14)15/h13H,3-8H2,1-2H3,(H,14,15). The van der Waals surface area contributed by atoms with E-state index in [0.717, 1.165) is 6.42 Å². The normalized spacial score (nSPS) is 9.94. The van der Waals surface area contributed by atoms with Gasteiger partial charge in [0, 0.05) is 19.6 Å². The smallest absolute Gasteiger partial charge is 0.323 e.